The Morgan fingerprint density at radius 1 is 1.19 bits per heavy atom. The summed E-state index contributed by atoms with van der Waals surface area (Å²) in [5, 5.41) is 2.89. The molecule has 0 bridgehead atoms. The van der Waals surface area contributed by atoms with Gasteiger partial charge >= 0.3 is 6.03 Å². The van der Waals surface area contributed by atoms with Crippen LogP contribution in [0.25, 0.3) is 0 Å². The molecule has 2 aliphatic heterocycles. The zero-order valence-electron chi connectivity index (χ0n) is 12.0. The predicted octanol–water partition coefficient (Wildman–Crippen LogP) is 0.396. The lowest BCUT2D eigenvalue weighted by Crippen LogP contribution is -2.54. The standard InChI is InChI=1S/C15H19N3O3/c1-17-13(19)15(16-14(17)20,12-5-3-2-4-6-12)11-18-7-9-21-10-8-18/h2-6H,7-11H2,1H3,(H,16,20). The number of amides is 3. The normalized spacial score (nSPS) is 27.0. The molecule has 2 saturated heterocycles. The van der Waals surface area contributed by atoms with Gasteiger partial charge in [-0.1, -0.05) is 30.3 Å². The monoisotopic (exact) mass is 289 g/mol. The summed E-state index contributed by atoms with van der Waals surface area (Å²) in [7, 11) is 1.52. The van der Waals surface area contributed by atoms with Crippen molar-refractivity contribution in [3.8, 4) is 0 Å². The Bertz CT molecular complexity index is 542. The van der Waals surface area contributed by atoms with Crippen LogP contribution in [0.2, 0.25) is 0 Å². The lowest BCUT2D eigenvalue weighted by atomic mass is 9.89. The molecule has 3 rings (SSSR count). The van der Waals surface area contributed by atoms with E-state index in [2.05, 4.69) is 10.2 Å². The van der Waals surface area contributed by atoms with E-state index in [1.807, 2.05) is 30.3 Å². The van der Waals surface area contributed by atoms with Gasteiger partial charge in [0.1, 0.15) is 0 Å². The zero-order chi connectivity index (χ0) is 14.9. The number of ether oxygens (including phenoxy) is 1. The van der Waals surface area contributed by atoms with E-state index in [0.717, 1.165) is 23.6 Å². The maximum absolute atomic E-state index is 12.7. The molecule has 21 heavy (non-hydrogen) atoms. The minimum absolute atomic E-state index is 0.204. The first kappa shape index (κ1) is 14.0. The fourth-order valence-corrected chi connectivity index (χ4v) is 2.91. The summed E-state index contributed by atoms with van der Waals surface area (Å²) in [5.74, 6) is -0.204. The van der Waals surface area contributed by atoms with E-state index in [1.54, 1.807) is 0 Å². The molecule has 1 unspecified atom stereocenters. The van der Waals surface area contributed by atoms with Crippen molar-refractivity contribution in [3.05, 3.63) is 35.9 Å². The second kappa shape index (κ2) is 5.46. The summed E-state index contributed by atoms with van der Waals surface area (Å²) in [4.78, 5) is 28.0. The topological polar surface area (TPSA) is 61.9 Å². The molecule has 0 radical (unpaired) electrons. The minimum Gasteiger partial charge on any atom is -0.379 e. The van der Waals surface area contributed by atoms with Crippen molar-refractivity contribution in [2.75, 3.05) is 39.9 Å². The Labute approximate surface area is 123 Å². The first-order chi connectivity index (χ1) is 10.1. The molecule has 1 aromatic rings. The van der Waals surface area contributed by atoms with Crippen molar-refractivity contribution < 1.29 is 14.3 Å². The van der Waals surface area contributed by atoms with Crippen molar-refractivity contribution in [1.29, 1.82) is 0 Å². The van der Waals surface area contributed by atoms with Crippen LogP contribution in [0.5, 0.6) is 0 Å². The van der Waals surface area contributed by atoms with Gasteiger partial charge in [-0.2, -0.15) is 0 Å². The molecular weight excluding hydrogens is 270 g/mol. The van der Waals surface area contributed by atoms with Crippen LogP contribution in [0.3, 0.4) is 0 Å². The van der Waals surface area contributed by atoms with Crippen molar-refractivity contribution in [3.63, 3.8) is 0 Å². The van der Waals surface area contributed by atoms with Crippen LogP contribution in [0.15, 0.2) is 30.3 Å². The highest BCUT2D eigenvalue weighted by Gasteiger charge is 2.51. The number of nitrogens with zero attached hydrogens (tertiary/aromatic N) is 2. The average Bonchev–Trinajstić information content (AvgIpc) is 2.74. The van der Waals surface area contributed by atoms with Gasteiger partial charge in [0, 0.05) is 26.7 Å². The number of morpholine rings is 1. The number of nitrogens with one attached hydrogen (secondary N) is 1. The summed E-state index contributed by atoms with van der Waals surface area (Å²) in [6.07, 6.45) is 0. The highest BCUT2D eigenvalue weighted by atomic mass is 16.5. The maximum atomic E-state index is 12.7. The van der Waals surface area contributed by atoms with E-state index in [-0.39, 0.29) is 11.9 Å². The van der Waals surface area contributed by atoms with Gasteiger partial charge in [0.05, 0.1) is 13.2 Å². The number of likely N-dealkylation sites (N-methyl/N-ethyl adjacent to an activating group) is 1. The molecule has 1 atom stereocenters. The highest BCUT2D eigenvalue weighted by molar-refractivity contribution is 6.07. The predicted molar refractivity (Wildman–Crippen MR) is 76.7 cm³/mol. The first-order valence-corrected chi connectivity index (χ1v) is 7.09. The molecule has 0 spiro atoms. The lowest BCUT2D eigenvalue weighted by Gasteiger charge is -2.35. The molecule has 0 aromatic heterocycles. The van der Waals surface area contributed by atoms with Crippen molar-refractivity contribution in [1.82, 2.24) is 15.1 Å². The second-order valence-electron chi connectivity index (χ2n) is 5.45. The van der Waals surface area contributed by atoms with Crippen LogP contribution in [0, 0.1) is 0 Å². The molecule has 0 aliphatic carbocycles. The van der Waals surface area contributed by atoms with Crippen LogP contribution in [0.4, 0.5) is 4.79 Å². The van der Waals surface area contributed by atoms with Crippen LogP contribution in [-0.4, -0.2) is 61.6 Å². The third-order valence-electron chi connectivity index (χ3n) is 4.13. The highest BCUT2D eigenvalue weighted by Crippen LogP contribution is 2.29. The van der Waals surface area contributed by atoms with E-state index in [4.69, 9.17) is 4.74 Å². The molecule has 3 amide bonds. The Morgan fingerprint density at radius 2 is 1.86 bits per heavy atom. The van der Waals surface area contributed by atoms with Crippen LogP contribution >= 0.6 is 0 Å². The van der Waals surface area contributed by atoms with E-state index in [9.17, 15) is 9.59 Å². The minimum atomic E-state index is -0.996. The maximum Gasteiger partial charge on any atom is 0.325 e. The van der Waals surface area contributed by atoms with E-state index >= 15 is 0 Å². The summed E-state index contributed by atoms with van der Waals surface area (Å²) in [6, 6.07) is 9.09. The number of rotatable bonds is 3. The van der Waals surface area contributed by atoms with Crippen LogP contribution < -0.4 is 5.32 Å². The van der Waals surface area contributed by atoms with Gasteiger partial charge in [-0.25, -0.2) is 4.79 Å². The summed E-state index contributed by atoms with van der Waals surface area (Å²) >= 11 is 0. The molecule has 2 aliphatic rings. The molecule has 6 nitrogen and oxygen atoms in total. The van der Waals surface area contributed by atoms with Gasteiger partial charge in [0.2, 0.25) is 0 Å². The quantitative estimate of drug-likeness (QED) is 0.818. The third-order valence-corrected chi connectivity index (χ3v) is 4.13. The Hall–Kier alpha value is -1.92. The van der Waals surface area contributed by atoms with Gasteiger partial charge in [-0.05, 0) is 5.56 Å². The van der Waals surface area contributed by atoms with Crippen LogP contribution in [0.1, 0.15) is 5.56 Å². The van der Waals surface area contributed by atoms with Gasteiger partial charge in [-0.15, -0.1) is 0 Å². The number of benzene rings is 1. The van der Waals surface area contributed by atoms with Gasteiger partial charge in [0.25, 0.3) is 5.91 Å². The molecule has 0 saturated carbocycles. The molecule has 6 heteroatoms. The largest absolute Gasteiger partial charge is 0.379 e. The zero-order valence-corrected chi connectivity index (χ0v) is 12.0. The third kappa shape index (κ3) is 2.41. The Kier molecular flexibility index (Phi) is 3.65. The smallest absolute Gasteiger partial charge is 0.325 e. The molecular formula is C15H19N3O3. The van der Waals surface area contributed by atoms with E-state index in [1.165, 1.54) is 7.05 Å². The van der Waals surface area contributed by atoms with Crippen LogP contribution in [-0.2, 0) is 15.1 Å². The van der Waals surface area contributed by atoms with Gasteiger partial charge in [-0.3, -0.25) is 14.6 Å². The fraction of sp³-hybridized carbons (Fsp3) is 0.467. The number of hydrogen-bond acceptors (Lipinski definition) is 4. The Morgan fingerprint density at radius 3 is 2.43 bits per heavy atom. The average molecular weight is 289 g/mol. The SMILES string of the molecule is CN1C(=O)NC(CN2CCOCC2)(c2ccccc2)C1=O. The number of urea groups is 1. The first-order valence-electron chi connectivity index (χ1n) is 7.09. The summed E-state index contributed by atoms with van der Waals surface area (Å²) in [5.41, 5.74) is -0.177. The van der Waals surface area contributed by atoms with E-state index in [0.29, 0.717) is 19.8 Å². The molecule has 1 N–H and O–H groups in total. The fourth-order valence-electron chi connectivity index (χ4n) is 2.91. The Balaban J connectivity index is 1.95. The molecule has 2 fully saturated rings. The van der Waals surface area contributed by atoms with Gasteiger partial charge < -0.3 is 10.1 Å². The number of imide groups is 1. The summed E-state index contributed by atoms with van der Waals surface area (Å²) < 4.78 is 5.35. The number of carbonyl (C=O) groups is 2. The van der Waals surface area contributed by atoms with Crippen molar-refractivity contribution >= 4 is 11.9 Å². The van der Waals surface area contributed by atoms with Crippen molar-refractivity contribution in [2.45, 2.75) is 5.54 Å². The lowest BCUT2D eigenvalue weighted by molar-refractivity contribution is -0.132. The second-order valence-corrected chi connectivity index (χ2v) is 5.45. The van der Waals surface area contributed by atoms with Gasteiger partial charge in [0.15, 0.2) is 5.54 Å². The molecule has 2 heterocycles. The van der Waals surface area contributed by atoms with Crippen molar-refractivity contribution in [2.24, 2.45) is 0 Å². The summed E-state index contributed by atoms with van der Waals surface area (Å²) in [6.45, 7) is 3.31. The molecule has 1 aromatic carbocycles. The number of hydrogen-bond donors (Lipinski definition) is 1. The molecule has 112 valence electrons. The van der Waals surface area contributed by atoms with E-state index < -0.39 is 5.54 Å². The number of carbonyl (C=O) groups excluding carboxylic acids is 2.